The van der Waals surface area contributed by atoms with Crippen LogP contribution in [-0.2, 0) is 9.53 Å². The predicted molar refractivity (Wildman–Crippen MR) is 65.7 cm³/mol. The number of rotatable bonds is 2. The van der Waals surface area contributed by atoms with Gasteiger partial charge in [-0.3, -0.25) is 9.59 Å². The molecule has 1 amide bonds. The fourth-order valence-electron chi connectivity index (χ4n) is 1.62. The lowest BCUT2D eigenvalue weighted by Crippen LogP contribution is -2.43. The van der Waals surface area contributed by atoms with Crippen molar-refractivity contribution >= 4 is 33.5 Å². The number of carbonyl (C=O) groups excluding carboxylic acids is 2. The molecule has 5 nitrogen and oxygen atoms in total. The first-order chi connectivity index (χ1) is 8.11. The molecule has 0 radical (unpaired) electrons. The van der Waals surface area contributed by atoms with Crippen LogP contribution in [-0.4, -0.2) is 37.1 Å². The molecular formula is C11H11BrN2O3. The van der Waals surface area contributed by atoms with Crippen LogP contribution in [0.25, 0.3) is 0 Å². The summed E-state index contributed by atoms with van der Waals surface area (Å²) in [6.07, 6.45) is 0. The first-order valence-electron chi connectivity index (χ1n) is 5.01. The maximum Gasteiger partial charge on any atom is 0.325 e. The van der Waals surface area contributed by atoms with Crippen molar-refractivity contribution in [2.75, 3.05) is 25.6 Å². The number of ether oxygens (including phenoxy) is 1. The fourth-order valence-corrected chi connectivity index (χ4v) is 1.98. The summed E-state index contributed by atoms with van der Waals surface area (Å²) in [6, 6.07) is 5.35. The number of nitrogens with zero attached hydrogens (tertiary/aromatic N) is 1. The lowest BCUT2D eigenvalue weighted by atomic mass is 10.1. The van der Waals surface area contributed by atoms with Gasteiger partial charge in [0.2, 0.25) is 0 Å². The van der Waals surface area contributed by atoms with Gasteiger partial charge in [-0.1, -0.05) is 15.9 Å². The molecule has 1 aromatic carbocycles. The van der Waals surface area contributed by atoms with E-state index in [0.29, 0.717) is 12.2 Å². The first kappa shape index (κ1) is 11.9. The van der Waals surface area contributed by atoms with Crippen molar-refractivity contribution in [3.8, 4) is 0 Å². The Kier molecular flexibility index (Phi) is 3.33. The van der Waals surface area contributed by atoms with E-state index in [-0.39, 0.29) is 12.5 Å². The van der Waals surface area contributed by atoms with E-state index in [1.165, 1.54) is 12.0 Å². The van der Waals surface area contributed by atoms with E-state index in [9.17, 15) is 9.59 Å². The second-order valence-corrected chi connectivity index (χ2v) is 4.52. The largest absolute Gasteiger partial charge is 0.468 e. The lowest BCUT2D eigenvalue weighted by molar-refractivity contribution is -0.141. The smallest absolute Gasteiger partial charge is 0.325 e. The van der Waals surface area contributed by atoms with E-state index in [1.807, 2.05) is 6.07 Å². The van der Waals surface area contributed by atoms with Crippen molar-refractivity contribution in [3.63, 3.8) is 0 Å². The van der Waals surface area contributed by atoms with Crippen LogP contribution in [0.1, 0.15) is 10.4 Å². The van der Waals surface area contributed by atoms with Crippen molar-refractivity contribution in [2.45, 2.75) is 0 Å². The number of carbonyl (C=O) groups is 2. The van der Waals surface area contributed by atoms with E-state index in [0.717, 1.165) is 10.2 Å². The summed E-state index contributed by atoms with van der Waals surface area (Å²) in [5.74, 6) is -0.600. The number of nitrogens with one attached hydrogen (secondary N) is 1. The maximum absolute atomic E-state index is 12.0. The highest BCUT2D eigenvalue weighted by molar-refractivity contribution is 9.10. The minimum atomic E-state index is -0.430. The Balaban J connectivity index is 2.21. The van der Waals surface area contributed by atoms with Gasteiger partial charge in [0.1, 0.15) is 6.54 Å². The normalized spacial score (nSPS) is 14.0. The van der Waals surface area contributed by atoms with Crippen molar-refractivity contribution < 1.29 is 14.3 Å². The number of esters is 1. The van der Waals surface area contributed by atoms with Gasteiger partial charge in [-0.15, -0.1) is 0 Å². The van der Waals surface area contributed by atoms with Crippen LogP contribution in [0.3, 0.4) is 0 Å². The number of halogens is 1. The molecule has 0 saturated carbocycles. The van der Waals surface area contributed by atoms with E-state index in [4.69, 9.17) is 0 Å². The molecule has 0 saturated heterocycles. The second kappa shape index (κ2) is 4.75. The molecule has 1 aliphatic rings. The SMILES string of the molecule is COC(=O)CN1CNc2cc(Br)ccc2C1=O. The molecule has 0 atom stereocenters. The highest BCUT2D eigenvalue weighted by atomic mass is 79.9. The molecule has 17 heavy (non-hydrogen) atoms. The Labute approximate surface area is 107 Å². The number of anilines is 1. The predicted octanol–water partition coefficient (Wildman–Crippen LogP) is 1.45. The van der Waals surface area contributed by atoms with E-state index in [2.05, 4.69) is 26.0 Å². The lowest BCUT2D eigenvalue weighted by Gasteiger charge is -2.28. The van der Waals surface area contributed by atoms with Gasteiger partial charge in [0.05, 0.1) is 19.3 Å². The van der Waals surface area contributed by atoms with Crippen molar-refractivity contribution in [3.05, 3.63) is 28.2 Å². The molecule has 6 heteroatoms. The van der Waals surface area contributed by atoms with Crippen molar-refractivity contribution in [1.82, 2.24) is 4.90 Å². The van der Waals surface area contributed by atoms with E-state index >= 15 is 0 Å². The zero-order chi connectivity index (χ0) is 12.4. The molecule has 90 valence electrons. The van der Waals surface area contributed by atoms with E-state index < -0.39 is 5.97 Å². The van der Waals surface area contributed by atoms with Crippen LogP contribution in [0.5, 0.6) is 0 Å². The number of hydrogen-bond donors (Lipinski definition) is 1. The number of fused-ring (bicyclic) bond motifs is 1. The third-order valence-corrected chi connectivity index (χ3v) is 3.00. The highest BCUT2D eigenvalue weighted by Gasteiger charge is 2.25. The fraction of sp³-hybridized carbons (Fsp3) is 0.273. The summed E-state index contributed by atoms with van der Waals surface area (Å²) in [7, 11) is 1.30. The van der Waals surface area contributed by atoms with Crippen molar-refractivity contribution in [1.29, 1.82) is 0 Å². The first-order valence-corrected chi connectivity index (χ1v) is 5.80. The van der Waals surface area contributed by atoms with Crippen LogP contribution in [0.2, 0.25) is 0 Å². The molecule has 0 aromatic heterocycles. The van der Waals surface area contributed by atoms with Gasteiger partial charge in [-0.2, -0.15) is 0 Å². The Morgan fingerprint density at radius 3 is 3.06 bits per heavy atom. The van der Waals surface area contributed by atoms with Gasteiger partial charge in [0.25, 0.3) is 5.91 Å². The number of hydrogen-bond acceptors (Lipinski definition) is 4. The Hall–Kier alpha value is -1.56. The Bertz CT molecular complexity index is 476. The summed E-state index contributed by atoms with van der Waals surface area (Å²) in [5.41, 5.74) is 1.33. The minimum Gasteiger partial charge on any atom is -0.468 e. The summed E-state index contributed by atoms with van der Waals surface area (Å²) in [6.45, 7) is 0.259. The molecular weight excluding hydrogens is 288 g/mol. The summed E-state index contributed by atoms with van der Waals surface area (Å²) >= 11 is 3.34. The Morgan fingerprint density at radius 2 is 2.35 bits per heavy atom. The molecule has 0 spiro atoms. The molecule has 1 aliphatic heterocycles. The van der Waals surface area contributed by atoms with E-state index in [1.54, 1.807) is 12.1 Å². The topological polar surface area (TPSA) is 58.6 Å². The summed E-state index contributed by atoms with van der Waals surface area (Å²) in [4.78, 5) is 24.6. The molecule has 0 unspecified atom stereocenters. The number of amides is 1. The van der Waals surface area contributed by atoms with Gasteiger partial charge in [0, 0.05) is 10.2 Å². The van der Waals surface area contributed by atoms with Gasteiger partial charge in [-0.05, 0) is 18.2 Å². The average molecular weight is 299 g/mol. The van der Waals surface area contributed by atoms with Crippen molar-refractivity contribution in [2.24, 2.45) is 0 Å². The minimum absolute atomic E-state index is 0.0438. The van der Waals surface area contributed by atoms with Crippen LogP contribution in [0.4, 0.5) is 5.69 Å². The summed E-state index contributed by atoms with van der Waals surface area (Å²) < 4.78 is 5.44. The molecule has 1 N–H and O–H groups in total. The number of methoxy groups -OCH3 is 1. The third-order valence-electron chi connectivity index (χ3n) is 2.51. The zero-order valence-corrected chi connectivity index (χ0v) is 10.8. The Morgan fingerprint density at radius 1 is 1.59 bits per heavy atom. The van der Waals surface area contributed by atoms with Crippen LogP contribution in [0.15, 0.2) is 22.7 Å². The molecule has 1 heterocycles. The molecule has 0 bridgehead atoms. The molecule has 1 aromatic rings. The zero-order valence-electron chi connectivity index (χ0n) is 9.20. The molecule has 0 fully saturated rings. The highest BCUT2D eigenvalue weighted by Crippen LogP contribution is 2.25. The van der Waals surface area contributed by atoms with Crippen LogP contribution >= 0.6 is 15.9 Å². The van der Waals surface area contributed by atoms with Crippen LogP contribution < -0.4 is 5.32 Å². The van der Waals surface area contributed by atoms with Gasteiger partial charge in [0.15, 0.2) is 0 Å². The standard InChI is InChI=1S/C11H11BrN2O3/c1-17-10(15)5-14-6-13-9-4-7(12)2-3-8(9)11(14)16/h2-4,13H,5-6H2,1H3. The molecule has 0 aliphatic carbocycles. The number of benzene rings is 1. The average Bonchev–Trinajstić information content (AvgIpc) is 2.32. The molecule has 2 rings (SSSR count). The second-order valence-electron chi connectivity index (χ2n) is 3.60. The van der Waals surface area contributed by atoms with Gasteiger partial charge < -0.3 is 15.0 Å². The monoisotopic (exact) mass is 298 g/mol. The third kappa shape index (κ3) is 2.41. The van der Waals surface area contributed by atoms with Crippen LogP contribution in [0, 0.1) is 0 Å². The quantitative estimate of drug-likeness (QED) is 0.840. The summed E-state index contributed by atoms with van der Waals surface area (Å²) in [5, 5.41) is 3.08. The van der Waals surface area contributed by atoms with Gasteiger partial charge >= 0.3 is 5.97 Å². The van der Waals surface area contributed by atoms with Gasteiger partial charge in [-0.25, -0.2) is 0 Å². The maximum atomic E-state index is 12.0.